The molecule has 20 heavy (non-hydrogen) atoms. The van der Waals surface area contributed by atoms with E-state index in [1.54, 1.807) is 24.3 Å². The summed E-state index contributed by atoms with van der Waals surface area (Å²) in [4.78, 5) is 25.2. The summed E-state index contributed by atoms with van der Waals surface area (Å²) in [6.07, 6.45) is 0.267. The number of aromatic carboxylic acids is 1. The number of carbonyl (C=O) groups excluding carboxylic acids is 1. The standard InChI is InChI=1S/C15H19NO3S/c1-10-11(2)20-7-6-16(10)14(17)9-12-4-3-5-13(8-12)15(18)19/h3-5,8,10-11H,6-7,9H2,1-2H3,(H,18,19). The minimum atomic E-state index is -0.962. The third-order valence-electron chi connectivity index (χ3n) is 3.73. The average Bonchev–Trinajstić information content (AvgIpc) is 2.42. The largest absolute Gasteiger partial charge is 0.478 e. The highest BCUT2D eigenvalue weighted by Crippen LogP contribution is 2.24. The van der Waals surface area contributed by atoms with Crippen molar-refractivity contribution >= 4 is 23.6 Å². The van der Waals surface area contributed by atoms with Crippen LogP contribution >= 0.6 is 11.8 Å². The van der Waals surface area contributed by atoms with E-state index in [-0.39, 0.29) is 23.9 Å². The SMILES string of the molecule is CC1SCCN(C(=O)Cc2cccc(C(=O)O)c2)C1C. The zero-order chi connectivity index (χ0) is 14.7. The second-order valence-corrected chi connectivity index (χ2v) is 6.57. The van der Waals surface area contributed by atoms with Crippen LogP contribution in [0.2, 0.25) is 0 Å². The van der Waals surface area contributed by atoms with E-state index in [1.165, 1.54) is 0 Å². The summed E-state index contributed by atoms with van der Waals surface area (Å²) in [6, 6.07) is 6.83. The molecule has 2 atom stereocenters. The van der Waals surface area contributed by atoms with Crippen molar-refractivity contribution in [2.45, 2.75) is 31.6 Å². The molecule has 1 aliphatic heterocycles. The van der Waals surface area contributed by atoms with Gasteiger partial charge in [-0.3, -0.25) is 4.79 Å². The molecule has 0 aromatic heterocycles. The van der Waals surface area contributed by atoms with Crippen LogP contribution in [0.3, 0.4) is 0 Å². The first kappa shape index (κ1) is 14.9. The van der Waals surface area contributed by atoms with Gasteiger partial charge >= 0.3 is 5.97 Å². The van der Waals surface area contributed by atoms with Gasteiger partial charge in [0.2, 0.25) is 5.91 Å². The molecule has 1 saturated heterocycles. The third kappa shape index (κ3) is 3.33. The molecule has 2 rings (SSSR count). The van der Waals surface area contributed by atoms with Gasteiger partial charge in [-0.2, -0.15) is 11.8 Å². The Labute approximate surface area is 123 Å². The van der Waals surface area contributed by atoms with Crippen molar-refractivity contribution in [3.8, 4) is 0 Å². The van der Waals surface area contributed by atoms with E-state index in [9.17, 15) is 9.59 Å². The fraction of sp³-hybridized carbons (Fsp3) is 0.467. The van der Waals surface area contributed by atoms with Crippen LogP contribution in [0.4, 0.5) is 0 Å². The van der Waals surface area contributed by atoms with Crippen molar-refractivity contribution < 1.29 is 14.7 Å². The van der Waals surface area contributed by atoms with Crippen molar-refractivity contribution in [1.29, 1.82) is 0 Å². The second kappa shape index (κ2) is 6.31. The predicted octanol–water partition coefficient (Wildman–Crippen LogP) is 2.28. The van der Waals surface area contributed by atoms with E-state index in [0.717, 1.165) is 17.9 Å². The van der Waals surface area contributed by atoms with Crippen LogP contribution in [0, 0.1) is 0 Å². The molecule has 4 nitrogen and oxygen atoms in total. The van der Waals surface area contributed by atoms with Gasteiger partial charge in [0, 0.05) is 23.6 Å². The molecule has 0 radical (unpaired) electrons. The predicted molar refractivity (Wildman–Crippen MR) is 80.2 cm³/mol. The molecule has 1 aromatic carbocycles. The lowest BCUT2D eigenvalue weighted by molar-refractivity contribution is -0.132. The molecule has 1 heterocycles. The van der Waals surface area contributed by atoms with Gasteiger partial charge in [0.25, 0.3) is 0 Å². The summed E-state index contributed by atoms with van der Waals surface area (Å²) in [5.74, 6) is 0.0784. The molecule has 0 aliphatic carbocycles. The molecule has 2 unspecified atom stereocenters. The lowest BCUT2D eigenvalue weighted by Gasteiger charge is -2.37. The lowest BCUT2D eigenvalue weighted by atomic mass is 10.1. The number of benzene rings is 1. The van der Waals surface area contributed by atoms with Gasteiger partial charge in [-0.15, -0.1) is 0 Å². The summed E-state index contributed by atoms with van der Waals surface area (Å²) in [7, 11) is 0. The normalized spacial score (nSPS) is 22.6. The number of thioether (sulfide) groups is 1. The lowest BCUT2D eigenvalue weighted by Crippen LogP contribution is -2.48. The zero-order valence-corrected chi connectivity index (χ0v) is 12.5. The van der Waals surface area contributed by atoms with E-state index in [2.05, 4.69) is 13.8 Å². The maximum Gasteiger partial charge on any atom is 0.335 e. The zero-order valence-electron chi connectivity index (χ0n) is 11.7. The summed E-state index contributed by atoms with van der Waals surface area (Å²) < 4.78 is 0. The first-order chi connectivity index (χ1) is 9.49. The van der Waals surface area contributed by atoms with E-state index in [1.807, 2.05) is 16.7 Å². The van der Waals surface area contributed by atoms with Crippen LogP contribution < -0.4 is 0 Å². The minimum absolute atomic E-state index is 0.0761. The Balaban J connectivity index is 2.07. The van der Waals surface area contributed by atoms with Gasteiger partial charge < -0.3 is 10.0 Å². The van der Waals surface area contributed by atoms with Gasteiger partial charge in [-0.05, 0) is 24.6 Å². The fourth-order valence-electron chi connectivity index (χ4n) is 2.38. The Hall–Kier alpha value is -1.49. The molecule has 1 aliphatic rings. The van der Waals surface area contributed by atoms with Gasteiger partial charge in [-0.1, -0.05) is 19.1 Å². The van der Waals surface area contributed by atoms with E-state index in [4.69, 9.17) is 5.11 Å². The maximum absolute atomic E-state index is 12.4. The van der Waals surface area contributed by atoms with Crippen LogP contribution in [0.5, 0.6) is 0 Å². The number of carboxylic acids is 1. The van der Waals surface area contributed by atoms with Crippen LogP contribution in [-0.4, -0.2) is 45.5 Å². The Morgan fingerprint density at radius 2 is 2.15 bits per heavy atom. The number of carboxylic acid groups (broad SMARTS) is 1. The summed E-state index contributed by atoms with van der Waals surface area (Å²) in [6.45, 7) is 4.98. The quantitative estimate of drug-likeness (QED) is 0.929. The molecular formula is C15H19NO3S. The molecule has 5 heteroatoms. The Morgan fingerprint density at radius 3 is 2.85 bits per heavy atom. The Bertz CT molecular complexity index is 518. The summed E-state index contributed by atoms with van der Waals surface area (Å²) >= 11 is 1.89. The van der Waals surface area contributed by atoms with E-state index >= 15 is 0 Å². The first-order valence-electron chi connectivity index (χ1n) is 6.72. The second-order valence-electron chi connectivity index (χ2n) is 5.09. The Kier molecular flexibility index (Phi) is 4.70. The number of hydrogen-bond donors (Lipinski definition) is 1. The van der Waals surface area contributed by atoms with Crippen LogP contribution in [0.15, 0.2) is 24.3 Å². The smallest absolute Gasteiger partial charge is 0.335 e. The number of nitrogens with zero attached hydrogens (tertiary/aromatic N) is 1. The van der Waals surface area contributed by atoms with Crippen molar-refractivity contribution in [3.05, 3.63) is 35.4 Å². The average molecular weight is 293 g/mol. The van der Waals surface area contributed by atoms with Crippen LogP contribution in [0.25, 0.3) is 0 Å². The van der Waals surface area contributed by atoms with E-state index in [0.29, 0.717) is 5.25 Å². The number of hydrogen-bond acceptors (Lipinski definition) is 3. The van der Waals surface area contributed by atoms with Crippen molar-refractivity contribution in [3.63, 3.8) is 0 Å². The molecular weight excluding hydrogens is 274 g/mol. The van der Waals surface area contributed by atoms with Gasteiger partial charge in [-0.25, -0.2) is 4.79 Å². The minimum Gasteiger partial charge on any atom is -0.478 e. The van der Waals surface area contributed by atoms with Gasteiger partial charge in [0.15, 0.2) is 0 Å². The summed E-state index contributed by atoms with van der Waals surface area (Å²) in [5, 5.41) is 9.41. The highest BCUT2D eigenvalue weighted by atomic mass is 32.2. The number of amides is 1. The third-order valence-corrected chi connectivity index (χ3v) is 5.07. The molecule has 0 spiro atoms. The van der Waals surface area contributed by atoms with E-state index < -0.39 is 5.97 Å². The highest BCUT2D eigenvalue weighted by molar-refractivity contribution is 8.00. The monoisotopic (exact) mass is 293 g/mol. The molecule has 0 bridgehead atoms. The molecule has 0 saturated carbocycles. The number of rotatable bonds is 3. The van der Waals surface area contributed by atoms with Crippen LogP contribution in [-0.2, 0) is 11.2 Å². The first-order valence-corrected chi connectivity index (χ1v) is 7.77. The molecule has 108 valence electrons. The molecule has 1 N–H and O–H groups in total. The molecule has 1 amide bonds. The topological polar surface area (TPSA) is 57.6 Å². The van der Waals surface area contributed by atoms with Crippen molar-refractivity contribution in [2.75, 3.05) is 12.3 Å². The molecule has 1 aromatic rings. The highest BCUT2D eigenvalue weighted by Gasteiger charge is 2.28. The fourth-order valence-corrected chi connectivity index (χ4v) is 3.47. The van der Waals surface area contributed by atoms with Crippen molar-refractivity contribution in [2.24, 2.45) is 0 Å². The maximum atomic E-state index is 12.4. The summed E-state index contributed by atoms with van der Waals surface area (Å²) in [5.41, 5.74) is 0.985. The van der Waals surface area contributed by atoms with Gasteiger partial charge in [0.1, 0.15) is 0 Å². The molecule has 1 fully saturated rings. The number of carbonyl (C=O) groups is 2. The van der Waals surface area contributed by atoms with Gasteiger partial charge in [0.05, 0.1) is 12.0 Å². The van der Waals surface area contributed by atoms with Crippen molar-refractivity contribution in [1.82, 2.24) is 4.90 Å². The Morgan fingerprint density at radius 1 is 1.40 bits per heavy atom. The van der Waals surface area contributed by atoms with Crippen LogP contribution in [0.1, 0.15) is 29.8 Å².